The highest BCUT2D eigenvalue weighted by atomic mass is 16.5. The lowest BCUT2D eigenvalue weighted by molar-refractivity contribution is -0.138. The summed E-state index contributed by atoms with van der Waals surface area (Å²) in [6.07, 6.45) is 8.40. The highest BCUT2D eigenvalue weighted by Gasteiger charge is 2.34. The Morgan fingerprint density at radius 1 is 1.23 bits per heavy atom. The van der Waals surface area contributed by atoms with Gasteiger partial charge in [-0.05, 0) is 43.7 Å². The summed E-state index contributed by atoms with van der Waals surface area (Å²) in [7, 11) is 1.59. The Labute approximate surface area is 155 Å². The van der Waals surface area contributed by atoms with Gasteiger partial charge in [-0.1, -0.05) is 12.8 Å². The van der Waals surface area contributed by atoms with Crippen LogP contribution in [0.4, 0.5) is 5.82 Å². The molecular formula is C20H28N4O2. The molecule has 1 unspecified atom stereocenters. The molecule has 2 aliphatic heterocycles. The number of likely N-dealkylation sites (tertiary alicyclic amines) is 1. The predicted molar refractivity (Wildman–Crippen MR) is 99.7 cm³/mol. The van der Waals surface area contributed by atoms with Crippen LogP contribution in [0.15, 0.2) is 18.3 Å². The topological polar surface area (TPSA) is 69.5 Å². The number of anilines is 1. The van der Waals surface area contributed by atoms with Gasteiger partial charge in [0.1, 0.15) is 18.5 Å². The number of nitrogens with zero attached hydrogens (tertiary/aromatic N) is 4. The molecule has 3 rings (SSSR count). The van der Waals surface area contributed by atoms with E-state index in [9.17, 15) is 4.79 Å². The molecule has 2 aliphatic rings. The van der Waals surface area contributed by atoms with Crippen LogP contribution in [0.25, 0.3) is 0 Å². The lowest BCUT2D eigenvalue weighted by Gasteiger charge is -2.41. The van der Waals surface area contributed by atoms with Crippen molar-refractivity contribution in [2.24, 2.45) is 5.92 Å². The molecule has 0 aliphatic carbocycles. The van der Waals surface area contributed by atoms with Crippen molar-refractivity contribution >= 4 is 11.7 Å². The SMILES string of the molecule is COCC(=O)N1CCCCCC1C1CCN(c2ccc(C#N)cn2)CC1. The average Bonchev–Trinajstić information content (AvgIpc) is 2.94. The van der Waals surface area contributed by atoms with E-state index in [4.69, 9.17) is 10.00 Å². The van der Waals surface area contributed by atoms with E-state index < -0.39 is 0 Å². The molecule has 0 radical (unpaired) electrons. The minimum absolute atomic E-state index is 0.135. The third-order valence-electron chi connectivity index (χ3n) is 5.67. The second kappa shape index (κ2) is 9.00. The van der Waals surface area contributed by atoms with Gasteiger partial charge < -0.3 is 14.5 Å². The van der Waals surface area contributed by atoms with Crippen LogP contribution >= 0.6 is 0 Å². The van der Waals surface area contributed by atoms with Crippen molar-refractivity contribution < 1.29 is 9.53 Å². The first kappa shape index (κ1) is 18.7. The number of hydrogen-bond acceptors (Lipinski definition) is 5. The van der Waals surface area contributed by atoms with Crippen molar-refractivity contribution in [3.05, 3.63) is 23.9 Å². The molecule has 0 saturated carbocycles. The van der Waals surface area contributed by atoms with Crippen LogP contribution in [0.5, 0.6) is 0 Å². The number of nitriles is 1. The Balaban J connectivity index is 1.63. The highest BCUT2D eigenvalue weighted by Crippen LogP contribution is 2.31. The zero-order valence-electron chi connectivity index (χ0n) is 15.6. The molecule has 3 heterocycles. The van der Waals surface area contributed by atoms with Crippen LogP contribution in [0.3, 0.4) is 0 Å². The average molecular weight is 356 g/mol. The first-order chi connectivity index (χ1) is 12.7. The largest absolute Gasteiger partial charge is 0.375 e. The Bertz CT molecular complexity index is 632. The molecule has 6 nitrogen and oxygen atoms in total. The lowest BCUT2D eigenvalue weighted by atomic mass is 9.86. The molecule has 26 heavy (non-hydrogen) atoms. The number of methoxy groups -OCH3 is 1. The van der Waals surface area contributed by atoms with Gasteiger partial charge in [0.15, 0.2) is 0 Å². The number of carbonyl (C=O) groups excluding carboxylic acids is 1. The number of amides is 1. The van der Waals surface area contributed by atoms with E-state index in [1.54, 1.807) is 13.3 Å². The first-order valence-electron chi connectivity index (χ1n) is 9.62. The fraction of sp³-hybridized carbons (Fsp3) is 0.650. The molecule has 0 N–H and O–H groups in total. The number of carbonyl (C=O) groups is 1. The van der Waals surface area contributed by atoms with Gasteiger partial charge in [0.2, 0.25) is 5.91 Å². The summed E-state index contributed by atoms with van der Waals surface area (Å²) in [6.45, 7) is 2.95. The summed E-state index contributed by atoms with van der Waals surface area (Å²) in [4.78, 5) is 21.3. The molecule has 1 aromatic rings. The van der Waals surface area contributed by atoms with Crippen LogP contribution in [-0.2, 0) is 9.53 Å². The summed E-state index contributed by atoms with van der Waals surface area (Å²) in [5, 5.41) is 8.90. The maximum absolute atomic E-state index is 12.5. The van der Waals surface area contributed by atoms with E-state index in [0.29, 0.717) is 17.5 Å². The van der Waals surface area contributed by atoms with Crippen molar-refractivity contribution in [1.29, 1.82) is 5.26 Å². The van der Waals surface area contributed by atoms with E-state index in [-0.39, 0.29) is 12.5 Å². The second-order valence-corrected chi connectivity index (χ2v) is 7.28. The van der Waals surface area contributed by atoms with Crippen LogP contribution in [0.2, 0.25) is 0 Å². The highest BCUT2D eigenvalue weighted by molar-refractivity contribution is 5.77. The fourth-order valence-corrected chi connectivity index (χ4v) is 4.29. The van der Waals surface area contributed by atoms with Crippen molar-refractivity contribution in [2.45, 2.75) is 44.6 Å². The van der Waals surface area contributed by atoms with Crippen LogP contribution in [0.1, 0.15) is 44.1 Å². The lowest BCUT2D eigenvalue weighted by Crippen LogP contribution is -2.49. The quantitative estimate of drug-likeness (QED) is 0.829. The van der Waals surface area contributed by atoms with E-state index >= 15 is 0 Å². The van der Waals surface area contributed by atoms with E-state index in [0.717, 1.165) is 51.1 Å². The van der Waals surface area contributed by atoms with Gasteiger partial charge in [-0.3, -0.25) is 4.79 Å². The van der Waals surface area contributed by atoms with E-state index in [1.807, 2.05) is 12.1 Å². The van der Waals surface area contributed by atoms with Gasteiger partial charge in [-0.25, -0.2) is 4.98 Å². The Kier molecular flexibility index (Phi) is 6.45. The zero-order chi connectivity index (χ0) is 18.4. The first-order valence-corrected chi connectivity index (χ1v) is 9.62. The van der Waals surface area contributed by atoms with Crippen LogP contribution < -0.4 is 4.90 Å². The number of pyridine rings is 1. The minimum atomic E-state index is 0.135. The Hall–Kier alpha value is -2.13. The van der Waals surface area contributed by atoms with E-state index in [2.05, 4.69) is 20.9 Å². The maximum Gasteiger partial charge on any atom is 0.248 e. The summed E-state index contributed by atoms with van der Waals surface area (Å²) in [5.74, 6) is 1.62. The molecule has 140 valence electrons. The number of ether oxygens (including phenoxy) is 1. The van der Waals surface area contributed by atoms with Crippen molar-refractivity contribution in [1.82, 2.24) is 9.88 Å². The maximum atomic E-state index is 12.5. The molecule has 6 heteroatoms. The third-order valence-corrected chi connectivity index (χ3v) is 5.67. The van der Waals surface area contributed by atoms with Crippen molar-refractivity contribution in [3.8, 4) is 6.07 Å². The fourth-order valence-electron chi connectivity index (χ4n) is 4.29. The molecule has 2 fully saturated rings. The second-order valence-electron chi connectivity index (χ2n) is 7.28. The predicted octanol–water partition coefficient (Wildman–Crippen LogP) is 2.59. The van der Waals surface area contributed by atoms with Crippen molar-refractivity contribution in [2.75, 3.05) is 38.3 Å². The Morgan fingerprint density at radius 2 is 2.04 bits per heavy atom. The zero-order valence-corrected chi connectivity index (χ0v) is 15.6. The van der Waals surface area contributed by atoms with Gasteiger partial charge in [0.05, 0.1) is 5.56 Å². The summed E-state index contributed by atoms with van der Waals surface area (Å²) in [5.41, 5.74) is 0.592. The molecular weight excluding hydrogens is 328 g/mol. The molecule has 0 bridgehead atoms. The molecule has 2 saturated heterocycles. The molecule has 1 atom stereocenters. The summed E-state index contributed by atoms with van der Waals surface area (Å²) in [6, 6.07) is 6.21. The van der Waals surface area contributed by atoms with Gasteiger partial charge in [-0.15, -0.1) is 0 Å². The van der Waals surface area contributed by atoms with Crippen LogP contribution in [0, 0.1) is 17.2 Å². The van der Waals surface area contributed by atoms with Gasteiger partial charge in [0, 0.05) is 39.0 Å². The molecule has 1 amide bonds. The monoisotopic (exact) mass is 356 g/mol. The molecule has 0 aromatic carbocycles. The number of rotatable bonds is 4. The smallest absolute Gasteiger partial charge is 0.248 e. The summed E-state index contributed by atoms with van der Waals surface area (Å²) >= 11 is 0. The standard InChI is InChI=1S/C20H28N4O2/c1-26-15-20(25)24-10-4-2-3-5-18(24)17-8-11-23(12-9-17)19-7-6-16(13-21)14-22-19/h6-7,14,17-18H,2-5,8-12,15H2,1H3. The van der Waals surface area contributed by atoms with Gasteiger partial charge in [-0.2, -0.15) is 5.26 Å². The molecule has 0 spiro atoms. The van der Waals surface area contributed by atoms with Crippen molar-refractivity contribution in [3.63, 3.8) is 0 Å². The number of piperidine rings is 1. The number of hydrogen-bond donors (Lipinski definition) is 0. The number of aromatic nitrogens is 1. The molecule has 1 aromatic heterocycles. The van der Waals surface area contributed by atoms with Crippen LogP contribution in [-0.4, -0.2) is 55.2 Å². The normalized spacial score (nSPS) is 21.9. The van der Waals surface area contributed by atoms with Gasteiger partial charge in [0.25, 0.3) is 0 Å². The Morgan fingerprint density at radius 3 is 2.69 bits per heavy atom. The minimum Gasteiger partial charge on any atom is -0.375 e. The summed E-state index contributed by atoms with van der Waals surface area (Å²) < 4.78 is 5.10. The van der Waals surface area contributed by atoms with E-state index in [1.165, 1.54) is 12.8 Å². The van der Waals surface area contributed by atoms with Gasteiger partial charge >= 0.3 is 0 Å². The third kappa shape index (κ3) is 4.34.